The molecule has 6 rings (SSSR count). The van der Waals surface area contributed by atoms with Gasteiger partial charge in [0.1, 0.15) is 17.1 Å². The van der Waals surface area contributed by atoms with Crippen LogP contribution in [0.1, 0.15) is 43.2 Å². The zero-order valence-electron chi connectivity index (χ0n) is 27.8. The van der Waals surface area contributed by atoms with E-state index in [4.69, 9.17) is 35.7 Å². The van der Waals surface area contributed by atoms with Gasteiger partial charge in [0.05, 0.1) is 33.3 Å². The van der Waals surface area contributed by atoms with Crippen LogP contribution in [-0.4, -0.2) is 58.5 Å². The number of aromatic amines is 1. The molecule has 15 heteroatoms. The molecule has 1 amide bonds. The van der Waals surface area contributed by atoms with Crippen molar-refractivity contribution in [2.75, 3.05) is 26.1 Å². The fourth-order valence-corrected chi connectivity index (χ4v) is 6.74. The van der Waals surface area contributed by atoms with Gasteiger partial charge in [0.25, 0.3) is 5.56 Å². The first-order valence-corrected chi connectivity index (χ1v) is 18.0. The van der Waals surface area contributed by atoms with Crippen LogP contribution in [0.25, 0.3) is 11.2 Å². The molecule has 3 heterocycles. The minimum atomic E-state index is -2.45. The lowest BCUT2D eigenvalue weighted by Crippen LogP contribution is -2.35. The molecule has 50 heavy (non-hydrogen) atoms. The highest BCUT2D eigenvalue weighted by atomic mass is 32.7. The van der Waals surface area contributed by atoms with Crippen molar-refractivity contribution in [1.82, 2.24) is 19.5 Å². The summed E-state index contributed by atoms with van der Waals surface area (Å²) < 4.78 is 43.9. The van der Waals surface area contributed by atoms with Gasteiger partial charge in [0.2, 0.25) is 11.9 Å². The Bertz CT molecular complexity index is 1970. The number of hydrogen-bond acceptors (Lipinski definition) is 11. The maximum atomic E-state index is 12.9. The zero-order valence-corrected chi connectivity index (χ0v) is 29.5. The quantitative estimate of drug-likeness (QED) is 0.0886. The maximum absolute atomic E-state index is 12.9. The second-order valence-corrected chi connectivity index (χ2v) is 13.5. The Balaban J connectivity index is 1.38. The lowest BCUT2D eigenvalue weighted by Gasteiger charge is -2.37. The molecule has 1 aliphatic heterocycles. The van der Waals surface area contributed by atoms with Crippen molar-refractivity contribution in [3.8, 4) is 11.5 Å². The Labute approximate surface area is 294 Å². The van der Waals surface area contributed by atoms with Gasteiger partial charge in [-0.25, -0.2) is 4.98 Å². The van der Waals surface area contributed by atoms with Gasteiger partial charge in [-0.05, 0) is 41.0 Å². The largest absolute Gasteiger partial charge is 0.497 e. The van der Waals surface area contributed by atoms with Gasteiger partial charge in [-0.1, -0.05) is 73.0 Å². The van der Waals surface area contributed by atoms with Gasteiger partial charge in [-0.15, -0.1) is 0 Å². The number of ether oxygens (including phenoxy) is 4. The molecule has 1 fully saturated rings. The smallest absolute Gasteiger partial charge is 0.372 e. The summed E-state index contributed by atoms with van der Waals surface area (Å²) in [6, 6.07) is 25.2. The monoisotopic (exact) mass is 717 g/mol. The first-order chi connectivity index (χ1) is 24.1. The van der Waals surface area contributed by atoms with Crippen molar-refractivity contribution in [3.05, 3.63) is 112 Å². The van der Waals surface area contributed by atoms with Crippen molar-refractivity contribution >= 4 is 42.5 Å². The van der Waals surface area contributed by atoms with Crippen LogP contribution in [0.5, 0.6) is 11.5 Å². The average molecular weight is 718 g/mol. The molecule has 0 bridgehead atoms. The van der Waals surface area contributed by atoms with Gasteiger partial charge in [0, 0.05) is 12.3 Å². The SMILES string of the molecule is COc1ccc(C(OC[C@@H]2C[C@@H](O[P+](=O)[S-])[C@H](n3cnc4c(=O)[nH]c(NC(=O)C(C)C)nc43)O2)(c2ccccc2)c2ccc(OC)cc2)cc1. The van der Waals surface area contributed by atoms with Gasteiger partial charge in [-0.2, -0.15) is 9.51 Å². The molecule has 0 spiro atoms. The number of nitrogens with one attached hydrogen (secondary N) is 2. The van der Waals surface area contributed by atoms with Crippen LogP contribution < -0.4 is 20.3 Å². The van der Waals surface area contributed by atoms with Crippen molar-refractivity contribution in [1.29, 1.82) is 0 Å². The van der Waals surface area contributed by atoms with Crippen molar-refractivity contribution in [3.63, 3.8) is 0 Å². The first-order valence-electron chi connectivity index (χ1n) is 15.9. The summed E-state index contributed by atoms with van der Waals surface area (Å²) in [5.41, 5.74) is 1.05. The summed E-state index contributed by atoms with van der Waals surface area (Å²) in [5.74, 6) is 0.668. The number of benzene rings is 3. The van der Waals surface area contributed by atoms with Crippen LogP contribution in [0.2, 0.25) is 0 Å². The Morgan fingerprint density at radius 2 is 1.62 bits per heavy atom. The van der Waals surface area contributed by atoms with Crippen LogP contribution in [0.15, 0.2) is 90.0 Å². The molecule has 3 aromatic carbocycles. The zero-order chi connectivity index (χ0) is 35.4. The van der Waals surface area contributed by atoms with E-state index >= 15 is 0 Å². The Hall–Kier alpha value is -4.59. The molecular formula is C35H36N5O8PS. The highest BCUT2D eigenvalue weighted by molar-refractivity contribution is 8.25. The number of rotatable bonds is 13. The Morgan fingerprint density at radius 3 is 2.18 bits per heavy atom. The number of H-pyrrole nitrogens is 1. The first kappa shape index (κ1) is 35.2. The number of carbonyl (C=O) groups excluding carboxylic acids is 1. The molecule has 4 atom stereocenters. The Morgan fingerprint density at radius 1 is 1.02 bits per heavy atom. The molecule has 5 aromatic rings. The number of imidazole rings is 1. The molecule has 0 aliphatic carbocycles. The van der Waals surface area contributed by atoms with Crippen molar-refractivity contribution < 1.29 is 32.8 Å². The highest BCUT2D eigenvalue weighted by Crippen LogP contribution is 2.44. The van der Waals surface area contributed by atoms with E-state index in [0.29, 0.717) is 11.5 Å². The lowest BCUT2D eigenvalue weighted by atomic mass is 9.80. The van der Waals surface area contributed by atoms with E-state index in [1.165, 1.54) is 10.9 Å². The third-order valence-electron chi connectivity index (χ3n) is 8.50. The molecule has 1 aliphatic rings. The van der Waals surface area contributed by atoms with E-state index in [2.05, 4.69) is 20.3 Å². The minimum absolute atomic E-state index is 0.0273. The van der Waals surface area contributed by atoms with E-state index in [-0.39, 0.29) is 42.0 Å². The van der Waals surface area contributed by atoms with Gasteiger partial charge in [-0.3, -0.25) is 24.5 Å². The number of fused-ring (bicyclic) bond motifs is 1. The molecule has 1 unspecified atom stereocenters. The second-order valence-electron chi connectivity index (χ2n) is 11.9. The van der Waals surface area contributed by atoms with Crippen LogP contribution in [0, 0.1) is 5.92 Å². The fraction of sp³-hybridized carbons (Fsp3) is 0.314. The van der Waals surface area contributed by atoms with E-state index in [9.17, 15) is 14.2 Å². The number of anilines is 1. The van der Waals surface area contributed by atoms with Crippen LogP contribution in [0.4, 0.5) is 5.95 Å². The van der Waals surface area contributed by atoms with Gasteiger partial charge < -0.3 is 31.2 Å². The molecule has 2 aromatic heterocycles. The summed E-state index contributed by atoms with van der Waals surface area (Å²) in [5, 5.41) is 2.61. The standard InChI is InChI=1S/C35H36N5O8PS/c1-21(2)31(41)38-34-37-30-29(32(42)39-34)36-20-40(30)33-28(48-49(43)50)18-27(47-33)19-46-35(22-8-6-5-7-9-22,23-10-14-25(44-3)15-11-23)24-12-16-26(45-4)17-13-24/h5-17,20-21,27-28,33H,18-19H2,1-4H3,(H2,37,38,39,41,42)/t27-,28+,33+/m0/s1. The average Bonchev–Trinajstić information content (AvgIpc) is 3.73. The fourth-order valence-electron chi connectivity index (χ4n) is 6.00. The number of nitrogens with zero attached hydrogens (tertiary/aromatic N) is 3. The summed E-state index contributed by atoms with van der Waals surface area (Å²) in [4.78, 5) is 36.5. The van der Waals surface area contributed by atoms with E-state index < -0.39 is 36.8 Å². The summed E-state index contributed by atoms with van der Waals surface area (Å²) in [7, 11) is 0.774. The number of aromatic nitrogens is 4. The lowest BCUT2D eigenvalue weighted by molar-refractivity contribution is -0.118. The summed E-state index contributed by atoms with van der Waals surface area (Å²) >= 11 is 4.94. The predicted molar refractivity (Wildman–Crippen MR) is 188 cm³/mol. The van der Waals surface area contributed by atoms with E-state index in [1.807, 2.05) is 78.9 Å². The molecule has 0 saturated carbocycles. The maximum Gasteiger partial charge on any atom is 0.372 e. The van der Waals surface area contributed by atoms with E-state index in [0.717, 1.165) is 16.7 Å². The van der Waals surface area contributed by atoms with E-state index in [1.54, 1.807) is 28.1 Å². The topological polar surface area (TPSA) is 156 Å². The Kier molecular flexibility index (Phi) is 10.7. The van der Waals surface area contributed by atoms with Gasteiger partial charge in [0.15, 0.2) is 23.5 Å². The van der Waals surface area contributed by atoms with Crippen molar-refractivity contribution in [2.45, 2.75) is 44.3 Å². The third-order valence-corrected chi connectivity index (χ3v) is 9.20. The third kappa shape index (κ3) is 7.16. The van der Waals surface area contributed by atoms with Crippen LogP contribution in [-0.2, 0) is 41.2 Å². The predicted octanol–water partition coefficient (Wildman–Crippen LogP) is 5.62. The molecule has 13 nitrogen and oxygen atoms in total. The summed E-state index contributed by atoms with van der Waals surface area (Å²) in [6.07, 6.45) is -0.672. The second kappa shape index (κ2) is 15.1. The highest BCUT2D eigenvalue weighted by Gasteiger charge is 2.44. The normalized spacial score (nSPS) is 18.0. The molecule has 260 valence electrons. The number of amides is 1. The van der Waals surface area contributed by atoms with Crippen LogP contribution in [0.3, 0.4) is 0 Å². The van der Waals surface area contributed by atoms with Crippen LogP contribution >= 0.6 is 7.23 Å². The number of methoxy groups -OCH3 is 2. The molecule has 1 saturated heterocycles. The summed E-state index contributed by atoms with van der Waals surface area (Å²) in [6.45, 7) is 3.50. The number of hydrogen-bond donors (Lipinski definition) is 2. The van der Waals surface area contributed by atoms with Crippen molar-refractivity contribution in [2.24, 2.45) is 5.92 Å². The minimum Gasteiger partial charge on any atom is -0.497 e. The number of carbonyl (C=O) groups is 1. The van der Waals surface area contributed by atoms with Gasteiger partial charge >= 0.3 is 7.23 Å². The molecular weight excluding hydrogens is 681 g/mol. The molecule has 2 N–H and O–H groups in total. The molecule has 0 radical (unpaired) electrons.